The predicted molar refractivity (Wildman–Crippen MR) is 72.6 cm³/mol. The summed E-state index contributed by atoms with van der Waals surface area (Å²) in [5.41, 5.74) is 2.05. The highest BCUT2D eigenvalue weighted by molar-refractivity contribution is 5.11. The third kappa shape index (κ3) is 3.35. The summed E-state index contributed by atoms with van der Waals surface area (Å²) in [6, 6.07) is 0. The Morgan fingerprint density at radius 1 is 1.00 bits per heavy atom. The summed E-state index contributed by atoms with van der Waals surface area (Å²) in [6.07, 6.45) is 2.57. The van der Waals surface area contributed by atoms with Crippen LogP contribution in [0.25, 0.3) is 0 Å². The number of nitrogens with zero attached hydrogens (tertiary/aromatic N) is 1. The quantitative estimate of drug-likeness (QED) is 0.605. The Morgan fingerprint density at radius 3 is 1.75 bits per heavy atom. The van der Waals surface area contributed by atoms with Crippen LogP contribution in [0, 0.1) is 11.3 Å². The van der Waals surface area contributed by atoms with Crippen LogP contribution in [0.15, 0.2) is 12.2 Å². The number of hydrogen-bond donors (Lipinski definition) is 0. The summed E-state index contributed by atoms with van der Waals surface area (Å²) >= 11 is 0. The van der Waals surface area contributed by atoms with Crippen molar-refractivity contribution < 1.29 is 0 Å². The van der Waals surface area contributed by atoms with E-state index in [4.69, 9.17) is 0 Å². The van der Waals surface area contributed by atoms with Crippen LogP contribution < -0.4 is 0 Å². The lowest BCUT2D eigenvalue weighted by Gasteiger charge is -2.43. The van der Waals surface area contributed by atoms with Crippen molar-refractivity contribution in [1.82, 2.24) is 4.90 Å². The van der Waals surface area contributed by atoms with Gasteiger partial charge in [0.1, 0.15) is 0 Å². The van der Waals surface area contributed by atoms with Gasteiger partial charge in [0, 0.05) is 5.54 Å². The lowest BCUT2D eigenvalue weighted by atomic mass is 9.75. The monoisotopic (exact) mass is 223 g/mol. The van der Waals surface area contributed by atoms with Gasteiger partial charge in [-0.15, -0.1) is 0 Å². The summed E-state index contributed by atoms with van der Waals surface area (Å²) in [4.78, 5) is 2.60. The van der Waals surface area contributed by atoms with E-state index in [0.29, 0.717) is 5.54 Å². The van der Waals surface area contributed by atoms with Crippen molar-refractivity contribution in [3.63, 3.8) is 0 Å². The highest BCUT2D eigenvalue weighted by Gasteiger charge is 2.30. The zero-order valence-electron chi connectivity index (χ0n) is 12.1. The van der Waals surface area contributed by atoms with E-state index in [1.54, 1.807) is 0 Å². The Kier molecular flexibility index (Phi) is 3.89. The van der Waals surface area contributed by atoms with Crippen molar-refractivity contribution in [3.05, 3.63) is 12.2 Å². The highest BCUT2D eigenvalue weighted by atomic mass is 15.2. The first-order chi connectivity index (χ1) is 7.12. The highest BCUT2D eigenvalue weighted by Crippen LogP contribution is 2.36. The molecule has 0 radical (unpaired) electrons. The first-order valence-corrected chi connectivity index (χ1v) is 6.56. The number of rotatable bonds is 1. The molecule has 1 nitrogen and oxygen atoms in total. The molecular formula is C15H29N. The Bertz CT molecular complexity index is 244. The molecule has 0 atom stereocenters. The Labute approximate surface area is 102 Å². The Balaban J connectivity index is 2.53. The van der Waals surface area contributed by atoms with Gasteiger partial charge in [0.2, 0.25) is 0 Å². The van der Waals surface area contributed by atoms with Gasteiger partial charge in [0.25, 0.3) is 0 Å². The molecule has 0 spiro atoms. The number of likely N-dealkylation sites (tertiary alicyclic amines) is 1. The summed E-state index contributed by atoms with van der Waals surface area (Å²) in [5, 5.41) is 0. The molecule has 0 aliphatic carbocycles. The van der Waals surface area contributed by atoms with Crippen LogP contribution in [0.3, 0.4) is 0 Å². The van der Waals surface area contributed by atoms with Crippen LogP contribution in [0.1, 0.15) is 54.4 Å². The second-order valence-electron chi connectivity index (χ2n) is 7.21. The minimum atomic E-state index is 0.272. The molecule has 0 aromatic carbocycles. The van der Waals surface area contributed by atoms with E-state index in [0.717, 1.165) is 5.92 Å². The Hall–Kier alpha value is -0.300. The fourth-order valence-corrected chi connectivity index (χ4v) is 2.51. The SMILES string of the molecule is C=C(C1CCN(C(C)(C)C)CC1)C(C)(C)C. The van der Waals surface area contributed by atoms with Gasteiger partial charge in [0.15, 0.2) is 0 Å². The molecule has 0 bridgehead atoms. The van der Waals surface area contributed by atoms with E-state index >= 15 is 0 Å². The second-order valence-corrected chi connectivity index (χ2v) is 7.21. The molecule has 16 heavy (non-hydrogen) atoms. The molecule has 1 saturated heterocycles. The molecule has 1 rings (SSSR count). The molecule has 0 unspecified atom stereocenters. The maximum atomic E-state index is 4.32. The zero-order valence-corrected chi connectivity index (χ0v) is 12.1. The molecule has 94 valence electrons. The second kappa shape index (κ2) is 4.52. The van der Waals surface area contributed by atoms with E-state index in [2.05, 4.69) is 53.0 Å². The molecule has 0 N–H and O–H groups in total. The number of piperidine rings is 1. The molecule has 0 aromatic rings. The first kappa shape index (κ1) is 13.8. The largest absolute Gasteiger partial charge is 0.298 e. The van der Waals surface area contributed by atoms with Crippen molar-refractivity contribution in [1.29, 1.82) is 0 Å². The van der Waals surface area contributed by atoms with Crippen LogP contribution in [0.4, 0.5) is 0 Å². The number of allylic oxidation sites excluding steroid dienone is 1. The van der Waals surface area contributed by atoms with Crippen molar-refractivity contribution in [2.24, 2.45) is 11.3 Å². The van der Waals surface area contributed by atoms with Crippen LogP contribution >= 0.6 is 0 Å². The average Bonchev–Trinajstić information content (AvgIpc) is 2.14. The van der Waals surface area contributed by atoms with E-state index < -0.39 is 0 Å². The van der Waals surface area contributed by atoms with Crippen LogP contribution in [0.2, 0.25) is 0 Å². The van der Waals surface area contributed by atoms with Gasteiger partial charge in [-0.2, -0.15) is 0 Å². The first-order valence-electron chi connectivity index (χ1n) is 6.56. The molecular weight excluding hydrogens is 194 g/mol. The van der Waals surface area contributed by atoms with E-state index in [-0.39, 0.29) is 5.41 Å². The molecule has 1 heterocycles. The number of hydrogen-bond acceptors (Lipinski definition) is 1. The van der Waals surface area contributed by atoms with Gasteiger partial charge < -0.3 is 0 Å². The van der Waals surface area contributed by atoms with Crippen LogP contribution in [-0.4, -0.2) is 23.5 Å². The van der Waals surface area contributed by atoms with Crippen molar-refractivity contribution in [2.75, 3.05) is 13.1 Å². The third-order valence-corrected chi connectivity index (χ3v) is 3.90. The minimum Gasteiger partial charge on any atom is -0.298 e. The van der Waals surface area contributed by atoms with Crippen LogP contribution in [0.5, 0.6) is 0 Å². The maximum Gasteiger partial charge on any atom is 0.0125 e. The smallest absolute Gasteiger partial charge is 0.0125 e. The lowest BCUT2D eigenvalue weighted by Crippen LogP contribution is -2.46. The summed E-state index contributed by atoms with van der Waals surface area (Å²) in [5.74, 6) is 0.735. The van der Waals surface area contributed by atoms with E-state index in [1.165, 1.54) is 31.5 Å². The van der Waals surface area contributed by atoms with Gasteiger partial charge in [-0.1, -0.05) is 32.9 Å². The molecule has 0 amide bonds. The van der Waals surface area contributed by atoms with E-state index in [1.807, 2.05) is 0 Å². The molecule has 1 aliphatic rings. The van der Waals surface area contributed by atoms with Gasteiger partial charge in [0.05, 0.1) is 0 Å². The lowest BCUT2D eigenvalue weighted by molar-refractivity contribution is 0.0912. The van der Waals surface area contributed by atoms with Gasteiger partial charge >= 0.3 is 0 Å². The summed E-state index contributed by atoms with van der Waals surface area (Å²) in [6.45, 7) is 20.6. The fourth-order valence-electron chi connectivity index (χ4n) is 2.51. The average molecular weight is 223 g/mol. The van der Waals surface area contributed by atoms with E-state index in [9.17, 15) is 0 Å². The van der Waals surface area contributed by atoms with Gasteiger partial charge in [-0.05, 0) is 58.0 Å². The van der Waals surface area contributed by atoms with Crippen molar-refractivity contribution in [3.8, 4) is 0 Å². The van der Waals surface area contributed by atoms with Crippen molar-refractivity contribution >= 4 is 0 Å². The molecule has 1 heteroatoms. The third-order valence-electron chi connectivity index (χ3n) is 3.90. The fraction of sp³-hybridized carbons (Fsp3) is 0.867. The minimum absolute atomic E-state index is 0.272. The standard InChI is InChI=1S/C15H29N/c1-12(14(2,3)4)13-8-10-16(11-9-13)15(5,6)7/h13H,1,8-11H2,2-7H3. The molecule has 1 aliphatic heterocycles. The molecule has 0 aromatic heterocycles. The Morgan fingerprint density at radius 2 is 1.44 bits per heavy atom. The zero-order chi connectivity index (χ0) is 12.6. The van der Waals surface area contributed by atoms with Crippen molar-refractivity contribution in [2.45, 2.75) is 59.9 Å². The molecule has 1 fully saturated rings. The normalized spacial score (nSPS) is 21.1. The summed E-state index contributed by atoms with van der Waals surface area (Å²) < 4.78 is 0. The maximum absolute atomic E-state index is 4.32. The topological polar surface area (TPSA) is 3.24 Å². The summed E-state index contributed by atoms with van der Waals surface area (Å²) in [7, 11) is 0. The van der Waals surface area contributed by atoms with Gasteiger partial charge in [-0.25, -0.2) is 0 Å². The van der Waals surface area contributed by atoms with Crippen LogP contribution in [-0.2, 0) is 0 Å². The van der Waals surface area contributed by atoms with Gasteiger partial charge in [-0.3, -0.25) is 4.90 Å². The molecule has 0 saturated carbocycles. The predicted octanol–water partition coefficient (Wildman–Crippen LogP) is 4.10.